The van der Waals surface area contributed by atoms with E-state index in [1.54, 1.807) is 0 Å². The number of amides is 1. The first kappa shape index (κ1) is 25.7. The van der Waals surface area contributed by atoms with Crippen molar-refractivity contribution >= 4 is 29.0 Å². The molecule has 0 spiro atoms. The molecule has 186 valence electrons. The van der Waals surface area contributed by atoms with Gasteiger partial charge in [0.15, 0.2) is 0 Å². The van der Waals surface area contributed by atoms with Gasteiger partial charge in [0.2, 0.25) is 5.01 Å². The zero-order valence-electron chi connectivity index (χ0n) is 17.9. The normalized spacial score (nSPS) is 18.5. The maximum Gasteiger partial charge on any atom is 0.365 e. The summed E-state index contributed by atoms with van der Waals surface area (Å²) in [4.78, 5) is 32.6. The van der Waals surface area contributed by atoms with Gasteiger partial charge in [-0.2, -0.15) is 0 Å². The van der Waals surface area contributed by atoms with Gasteiger partial charge < -0.3 is 15.3 Å². The molecular formula is C20H20F6N4O3S. The molecule has 0 bridgehead atoms. The van der Waals surface area contributed by atoms with Crippen LogP contribution in [-0.2, 0) is 0 Å². The number of carbonyl (C=O) groups is 2. The minimum absolute atomic E-state index is 0.0147. The third-order valence-electron chi connectivity index (χ3n) is 5.29. The summed E-state index contributed by atoms with van der Waals surface area (Å²) in [5.41, 5.74) is -1.64. The fourth-order valence-corrected chi connectivity index (χ4v) is 4.54. The molecule has 1 aliphatic heterocycles. The Morgan fingerprint density at radius 1 is 1.32 bits per heavy atom. The number of aromatic nitrogens is 2. The summed E-state index contributed by atoms with van der Waals surface area (Å²) in [7, 11) is 0. The molecule has 14 heteroatoms. The number of rotatable bonds is 8. The Balaban J connectivity index is 2.08. The lowest BCUT2D eigenvalue weighted by molar-refractivity contribution is 0.0117. The molecule has 2 atom stereocenters. The number of anilines is 1. The lowest BCUT2D eigenvalue weighted by atomic mass is 10.1. The molecule has 1 fully saturated rings. The number of carboxylic acids is 1. The van der Waals surface area contributed by atoms with Crippen molar-refractivity contribution < 1.29 is 41.0 Å². The van der Waals surface area contributed by atoms with Crippen LogP contribution < -0.4 is 5.32 Å². The highest BCUT2D eigenvalue weighted by Crippen LogP contribution is 2.40. The number of aromatic carboxylic acids is 1. The summed E-state index contributed by atoms with van der Waals surface area (Å²) in [6, 6.07) is -1.42. The second kappa shape index (κ2) is 9.76. The Morgan fingerprint density at radius 3 is 2.50 bits per heavy atom. The minimum atomic E-state index is -3.16. The average molecular weight is 510 g/mol. The second-order valence-electron chi connectivity index (χ2n) is 7.80. The summed E-state index contributed by atoms with van der Waals surface area (Å²) in [6.45, 7) is 1.92. The van der Waals surface area contributed by atoms with Crippen molar-refractivity contribution in [3.63, 3.8) is 0 Å². The number of hydrogen-bond donors (Lipinski definition) is 2. The van der Waals surface area contributed by atoms with Gasteiger partial charge in [-0.1, -0.05) is 6.92 Å². The topological polar surface area (TPSA) is 95.4 Å². The quantitative estimate of drug-likeness (QED) is 0.476. The van der Waals surface area contributed by atoms with E-state index < -0.39 is 72.0 Å². The van der Waals surface area contributed by atoms with E-state index in [1.807, 2.05) is 0 Å². The number of likely N-dealkylation sites (tertiary alicyclic amines) is 1. The summed E-state index contributed by atoms with van der Waals surface area (Å²) < 4.78 is 81.5. The van der Waals surface area contributed by atoms with Crippen LogP contribution in [0.2, 0.25) is 0 Å². The molecule has 2 N–H and O–H groups in total. The lowest BCUT2D eigenvalue weighted by Gasteiger charge is -2.21. The van der Waals surface area contributed by atoms with Gasteiger partial charge in [-0.15, -0.1) is 11.3 Å². The summed E-state index contributed by atoms with van der Waals surface area (Å²) in [5, 5.41) is 11.1. The Kier molecular flexibility index (Phi) is 7.38. The number of halogens is 6. The smallest absolute Gasteiger partial charge is 0.365 e. The predicted octanol–water partition coefficient (Wildman–Crippen LogP) is 5.17. The Hall–Kier alpha value is -2.90. The van der Waals surface area contributed by atoms with Gasteiger partial charge in [-0.25, -0.2) is 41.1 Å². The van der Waals surface area contributed by atoms with Crippen LogP contribution >= 0.6 is 11.3 Å². The monoisotopic (exact) mass is 510 g/mol. The third-order valence-corrected chi connectivity index (χ3v) is 6.37. The van der Waals surface area contributed by atoms with Crippen molar-refractivity contribution in [1.29, 1.82) is 0 Å². The number of pyridine rings is 1. The van der Waals surface area contributed by atoms with E-state index in [4.69, 9.17) is 0 Å². The zero-order chi connectivity index (χ0) is 25.4. The summed E-state index contributed by atoms with van der Waals surface area (Å²) in [6.07, 6.45) is -5.68. The van der Waals surface area contributed by atoms with Gasteiger partial charge in [0.25, 0.3) is 24.7 Å². The number of carboxylic acid groups (broad SMARTS) is 1. The molecule has 0 unspecified atom stereocenters. The summed E-state index contributed by atoms with van der Waals surface area (Å²) >= 11 is 0.410. The molecule has 0 saturated carbocycles. The minimum Gasteiger partial charge on any atom is -0.476 e. The van der Waals surface area contributed by atoms with E-state index in [0.29, 0.717) is 11.3 Å². The van der Waals surface area contributed by atoms with Gasteiger partial charge in [-0.3, -0.25) is 4.79 Å². The van der Waals surface area contributed by atoms with Crippen LogP contribution in [0.5, 0.6) is 0 Å². The molecule has 7 nitrogen and oxygen atoms in total. The standard InChI is InChI=1S/C20H20F6N4O3S/c1-3-11(16(23)24)28-12-4-9(15(21)22)10(6-27-12)14-13(29-17(34-14)19(32)33)18(31)30-7-20(25,26)5-8(30)2/h4,6,8,11,15-16H,3,5,7H2,1-2H3,(H,27,28)(H,32,33)/t8-,11-/m0/s1. The molecule has 3 rings (SSSR count). The number of carbonyl (C=O) groups excluding carboxylic acids is 1. The van der Waals surface area contributed by atoms with E-state index in [0.717, 1.165) is 17.2 Å². The largest absolute Gasteiger partial charge is 0.476 e. The molecule has 0 aliphatic carbocycles. The highest BCUT2D eigenvalue weighted by atomic mass is 32.1. The van der Waals surface area contributed by atoms with E-state index in [2.05, 4.69) is 15.3 Å². The van der Waals surface area contributed by atoms with Crippen LogP contribution in [0.15, 0.2) is 12.3 Å². The molecule has 2 aromatic heterocycles. The van der Waals surface area contributed by atoms with Gasteiger partial charge >= 0.3 is 5.97 Å². The van der Waals surface area contributed by atoms with Gasteiger partial charge in [0.05, 0.1) is 17.5 Å². The van der Waals surface area contributed by atoms with Crippen LogP contribution in [0.3, 0.4) is 0 Å². The van der Waals surface area contributed by atoms with Crippen molar-refractivity contribution in [2.75, 3.05) is 11.9 Å². The van der Waals surface area contributed by atoms with Gasteiger partial charge in [0.1, 0.15) is 11.5 Å². The molecule has 34 heavy (non-hydrogen) atoms. The highest BCUT2D eigenvalue weighted by Gasteiger charge is 2.46. The van der Waals surface area contributed by atoms with Crippen LogP contribution in [0.25, 0.3) is 10.4 Å². The van der Waals surface area contributed by atoms with Gasteiger partial charge in [-0.05, 0) is 19.4 Å². The second-order valence-corrected chi connectivity index (χ2v) is 8.79. The Labute approximate surface area is 193 Å². The summed E-state index contributed by atoms with van der Waals surface area (Å²) in [5.74, 6) is -6.01. The number of nitrogens with one attached hydrogen (secondary N) is 1. The third kappa shape index (κ3) is 5.26. The van der Waals surface area contributed by atoms with E-state index in [9.17, 15) is 41.0 Å². The van der Waals surface area contributed by atoms with Crippen molar-refractivity contribution in [3.8, 4) is 10.4 Å². The van der Waals surface area contributed by atoms with Crippen molar-refractivity contribution in [1.82, 2.24) is 14.9 Å². The first-order valence-electron chi connectivity index (χ1n) is 10.1. The average Bonchev–Trinajstić information content (AvgIpc) is 3.31. The number of nitrogens with zero attached hydrogens (tertiary/aromatic N) is 3. The van der Waals surface area contributed by atoms with Crippen molar-refractivity contribution in [2.45, 2.75) is 57.5 Å². The van der Waals surface area contributed by atoms with Crippen LogP contribution in [0.1, 0.15) is 59.0 Å². The maximum atomic E-state index is 13.9. The SMILES string of the molecule is CC[C@H](Nc1cc(C(F)F)c(-c2sc(C(=O)O)nc2C(=O)N2CC(F)(F)C[C@@H]2C)cn1)C(F)F. The number of hydrogen-bond acceptors (Lipinski definition) is 6. The van der Waals surface area contributed by atoms with E-state index >= 15 is 0 Å². The van der Waals surface area contributed by atoms with Crippen LogP contribution in [-0.4, -0.2) is 62.8 Å². The molecule has 1 amide bonds. The molecule has 0 aromatic carbocycles. The molecule has 1 saturated heterocycles. The lowest BCUT2D eigenvalue weighted by Crippen LogP contribution is -2.35. The first-order chi connectivity index (χ1) is 15.8. The number of thiazole rings is 1. The molecule has 1 aliphatic rings. The van der Waals surface area contributed by atoms with Gasteiger partial charge in [0, 0.05) is 29.8 Å². The van der Waals surface area contributed by atoms with Crippen LogP contribution in [0, 0.1) is 0 Å². The fourth-order valence-electron chi connectivity index (χ4n) is 3.61. The molecule has 2 aromatic rings. The van der Waals surface area contributed by atoms with Crippen LogP contribution in [0.4, 0.5) is 32.2 Å². The molecule has 3 heterocycles. The Bertz CT molecular complexity index is 1080. The first-order valence-corrected chi connectivity index (χ1v) is 10.9. The number of alkyl halides is 6. The zero-order valence-corrected chi connectivity index (χ0v) is 18.7. The fraction of sp³-hybridized carbons (Fsp3) is 0.500. The van der Waals surface area contributed by atoms with E-state index in [1.165, 1.54) is 13.8 Å². The molecule has 0 radical (unpaired) electrons. The predicted molar refractivity (Wildman–Crippen MR) is 111 cm³/mol. The van der Waals surface area contributed by atoms with Crippen molar-refractivity contribution in [2.24, 2.45) is 0 Å². The highest BCUT2D eigenvalue weighted by molar-refractivity contribution is 7.17. The van der Waals surface area contributed by atoms with E-state index in [-0.39, 0.29) is 22.7 Å². The molecular weight excluding hydrogens is 490 g/mol. The maximum absolute atomic E-state index is 13.9. The van der Waals surface area contributed by atoms with Crippen molar-refractivity contribution in [3.05, 3.63) is 28.5 Å². The Morgan fingerprint density at radius 2 is 2.00 bits per heavy atom.